The number of hydrogen-bond acceptors (Lipinski definition) is 2. The highest BCUT2D eigenvalue weighted by molar-refractivity contribution is 5.80. The maximum Gasteiger partial charge on any atom is 0.324 e. The van der Waals surface area contributed by atoms with E-state index < -0.39 is 11.5 Å². The van der Waals surface area contributed by atoms with Crippen molar-refractivity contribution in [1.82, 2.24) is 5.32 Å². The zero-order valence-corrected chi connectivity index (χ0v) is 12.6. The molecule has 0 bridgehead atoms. The number of nitrogens with one attached hydrogen (secondary N) is 1. The second-order valence-electron chi connectivity index (χ2n) is 6.61. The van der Waals surface area contributed by atoms with Crippen LogP contribution in [0.3, 0.4) is 0 Å². The zero-order valence-electron chi connectivity index (χ0n) is 12.6. The van der Waals surface area contributed by atoms with Crippen LogP contribution in [0.1, 0.15) is 62.8 Å². The fraction of sp³-hybridized carbons (Fsp3) is 0.611. The van der Waals surface area contributed by atoms with Gasteiger partial charge in [0.2, 0.25) is 0 Å². The summed E-state index contributed by atoms with van der Waals surface area (Å²) in [6.07, 6.45) is 8.55. The first-order chi connectivity index (χ1) is 10.2. The van der Waals surface area contributed by atoms with Crippen LogP contribution in [-0.4, -0.2) is 22.7 Å². The number of carboxylic acid groups (broad SMARTS) is 1. The third-order valence-electron chi connectivity index (χ3n) is 5.31. The minimum Gasteiger partial charge on any atom is -0.480 e. The van der Waals surface area contributed by atoms with Crippen molar-refractivity contribution in [3.8, 4) is 0 Å². The SMILES string of the molecule is O=C(O)C1(NC2CCCC2)CCCCC1c1ccccc1. The minimum absolute atomic E-state index is 0.0885. The van der Waals surface area contributed by atoms with E-state index in [1.807, 2.05) is 18.2 Å². The van der Waals surface area contributed by atoms with E-state index in [1.54, 1.807) is 0 Å². The normalized spacial score (nSPS) is 30.4. The quantitative estimate of drug-likeness (QED) is 0.887. The minimum atomic E-state index is -0.769. The summed E-state index contributed by atoms with van der Waals surface area (Å²) in [7, 11) is 0. The number of aliphatic carboxylic acids is 1. The monoisotopic (exact) mass is 287 g/mol. The molecule has 2 aliphatic carbocycles. The maximum absolute atomic E-state index is 12.2. The Morgan fingerprint density at radius 1 is 1.05 bits per heavy atom. The molecule has 114 valence electrons. The van der Waals surface area contributed by atoms with E-state index in [4.69, 9.17) is 0 Å². The van der Waals surface area contributed by atoms with Gasteiger partial charge in [0.25, 0.3) is 0 Å². The van der Waals surface area contributed by atoms with Crippen molar-refractivity contribution < 1.29 is 9.90 Å². The van der Waals surface area contributed by atoms with Crippen molar-refractivity contribution in [1.29, 1.82) is 0 Å². The molecule has 2 saturated carbocycles. The van der Waals surface area contributed by atoms with Gasteiger partial charge in [0.15, 0.2) is 0 Å². The summed E-state index contributed by atoms with van der Waals surface area (Å²) in [5.41, 5.74) is 0.402. The molecule has 0 radical (unpaired) electrons. The highest BCUT2D eigenvalue weighted by Crippen LogP contribution is 2.42. The van der Waals surface area contributed by atoms with Gasteiger partial charge in [-0.25, -0.2) is 0 Å². The van der Waals surface area contributed by atoms with Crippen LogP contribution < -0.4 is 5.32 Å². The summed E-state index contributed by atoms with van der Waals surface area (Å²) in [5, 5.41) is 13.6. The zero-order chi connectivity index (χ0) is 14.7. The van der Waals surface area contributed by atoms with Gasteiger partial charge in [0.05, 0.1) is 0 Å². The van der Waals surface area contributed by atoms with Gasteiger partial charge in [0, 0.05) is 12.0 Å². The lowest BCUT2D eigenvalue weighted by Gasteiger charge is -2.43. The van der Waals surface area contributed by atoms with E-state index in [2.05, 4.69) is 17.4 Å². The summed E-state index contributed by atoms with van der Waals surface area (Å²) in [6.45, 7) is 0. The summed E-state index contributed by atoms with van der Waals surface area (Å²) < 4.78 is 0. The van der Waals surface area contributed by atoms with Crippen molar-refractivity contribution in [2.45, 2.75) is 68.9 Å². The summed E-state index contributed by atoms with van der Waals surface area (Å²) in [4.78, 5) is 12.2. The summed E-state index contributed by atoms with van der Waals surface area (Å²) in [5.74, 6) is -0.575. The molecule has 0 amide bonds. The molecular weight excluding hydrogens is 262 g/mol. The fourth-order valence-corrected chi connectivity index (χ4v) is 4.23. The second-order valence-corrected chi connectivity index (χ2v) is 6.61. The first kappa shape index (κ1) is 14.6. The van der Waals surface area contributed by atoms with Gasteiger partial charge >= 0.3 is 5.97 Å². The van der Waals surface area contributed by atoms with Gasteiger partial charge < -0.3 is 5.11 Å². The smallest absolute Gasteiger partial charge is 0.324 e. The second kappa shape index (κ2) is 6.18. The fourth-order valence-electron chi connectivity index (χ4n) is 4.23. The summed E-state index contributed by atoms with van der Waals surface area (Å²) in [6, 6.07) is 10.6. The Kier molecular flexibility index (Phi) is 4.29. The predicted octanol–water partition coefficient (Wildman–Crippen LogP) is 3.70. The Morgan fingerprint density at radius 2 is 1.71 bits per heavy atom. The van der Waals surface area contributed by atoms with Crippen molar-refractivity contribution >= 4 is 5.97 Å². The Bertz CT molecular complexity index is 481. The van der Waals surface area contributed by atoms with Crippen LogP contribution in [0, 0.1) is 0 Å². The van der Waals surface area contributed by atoms with Gasteiger partial charge in [-0.05, 0) is 31.2 Å². The number of carbonyl (C=O) groups is 1. The Balaban J connectivity index is 1.92. The highest BCUT2D eigenvalue weighted by atomic mass is 16.4. The van der Waals surface area contributed by atoms with E-state index in [0.717, 1.165) is 38.5 Å². The molecule has 1 aromatic carbocycles. The molecule has 0 aliphatic heterocycles. The van der Waals surface area contributed by atoms with E-state index in [1.165, 1.54) is 18.4 Å². The van der Waals surface area contributed by atoms with Crippen LogP contribution in [0.15, 0.2) is 30.3 Å². The molecular formula is C18H25NO2. The van der Waals surface area contributed by atoms with Crippen LogP contribution in [0.25, 0.3) is 0 Å². The third kappa shape index (κ3) is 2.84. The van der Waals surface area contributed by atoms with Crippen LogP contribution in [-0.2, 0) is 4.79 Å². The lowest BCUT2D eigenvalue weighted by atomic mass is 9.69. The van der Waals surface area contributed by atoms with E-state index in [0.29, 0.717) is 6.04 Å². The van der Waals surface area contributed by atoms with Crippen molar-refractivity contribution in [3.05, 3.63) is 35.9 Å². The topological polar surface area (TPSA) is 49.3 Å². The lowest BCUT2D eigenvalue weighted by molar-refractivity contribution is -0.148. The molecule has 3 nitrogen and oxygen atoms in total. The molecule has 0 saturated heterocycles. The van der Waals surface area contributed by atoms with E-state index in [-0.39, 0.29) is 5.92 Å². The first-order valence-corrected chi connectivity index (χ1v) is 8.28. The molecule has 3 heteroatoms. The molecule has 0 spiro atoms. The van der Waals surface area contributed by atoms with Crippen LogP contribution >= 0.6 is 0 Å². The van der Waals surface area contributed by atoms with Gasteiger partial charge in [-0.2, -0.15) is 0 Å². The average molecular weight is 287 g/mol. The molecule has 2 aliphatic rings. The van der Waals surface area contributed by atoms with E-state index >= 15 is 0 Å². The largest absolute Gasteiger partial charge is 0.480 e. The lowest BCUT2D eigenvalue weighted by Crippen LogP contribution is -2.60. The van der Waals surface area contributed by atoms with Gasteiger partial charge in [0.1, 0.15) is 5.54 Å². The Hall–Kier alpha value is -1.35. The van der Waals surface area contributed by atoms with Crippen LogP contribution in [0.4, 0.5) is 0 Å². The molecule has 3 rings (SSSR count). The number of benzene rings is 1. The molecule has 1 aromatic rings. The molecule has 2 unspecified atom stereocenters. The first-order valence-electron chi connectivity index (χ1n) is 8.28. The third-order valence-corrected chi connectivity index (χ3v) is 5.31. The molecule has 0 heterocycles. The van der Waals surface area contributed by atoms with Crippen molar-refractivity contribution in [3.63, 3.8) is 0 Å². The molecule has 2 fully saturated rings. The maximum atomic E-state index is 12.2. The van der Waals surface area contributed by atoms with Gasteiger partial charge in [-0.15, -0.1) is 0 Å². The standard InChI is InChI=1S/C18H25NO2/c20-17(21)18(19-15-10-4-5-11-15)13-7-6-12-16(18)14-8-2-1-3-9-14/h1-3,8-9,15-16,19H,4-7,10-13H2,(H,20,21). The van der Waals surface area contributed by atoms with Gasteiger partial charge in [-0.1, -0.05) is 56.0 Å². The number of rotatable bonds is 4. The average Bonchev–Trinajstić information content (AvgIpc) is 3.01. The Labute approximate surface area is 126 Å². The molecule has 2 N–H and O–H groups in total. The van der Waals surface area contributed by atoms with Crippen molar-refractivity contribution in [2.75, 3.05) is 0 Å². The molecule has 21 heavy (non-hydrogen) atoms. The number of carboxylic acids is 1. The molecule has 2 atom stereocenters. The predicted molar refractivity (Wildman–Crippen MR) is 83.4 cm³/mol. The van der Waals surface area contributed by atoms with Crippen LogP contribution in [0.2, 0.25) is 0 Å². The van der Waals surface area contributed by atoms with Crippen molar-refractivity contribution in [2.24, 2.45) is 0 Å². The van der Waals surface area contributed by atoms with Crippen LogP contribution in [0.5, 0.6) is 0 Å². The summed E-state index contributed by atoms with van der Waals surface area (Å²) >= 11 is 0. The number of hydrogen-bond donors (Lipinski definition) is 2. The van der Waals surface area contributed by atoms with Gasteiger partial charge in [-0.3, -0.25) is 10.1 Å². The van der Waals surface area contributed by atoms with E-state index in [9.17, 15) is 9.90 Å². The highest BCUT2D eigenvalue weighted by Gasteiger charge is 2.49. The Morgan fingerprint density at radius 3 is 2.38 bits per heavy atom. The molecule has 0 aromatic heterocycles.